The summed E-state index contributed by atoms with van der Waals surface area (Å²) in [6.07, 6.45) is 2.57. The van der Waals surface area contributed by atoms with Gasteiger partial charge in [0.1, 0.15) is 23.5 Å². The van der Waals surface area contributed by atoms with E-state index in [2.05, 4.69) is 8.83 Å². The monoisotopic (exact) mass is 262 g/mol. The van der Waals surface area contributed by atoms with Gasteiger partial charge in [-0.25, -0.2) is 0 Å². The van der Waals surface area contributed by atoms with Crippen molar-refractivity contribution in [1.29, 1.82) is 0 Å². The van der Waals surface area contributed by atoms with Gasteiger partial charge in [0.05, 0.1) is 12.5 Å². The summed E-state index contributed by atoms with van der Waals surface area (Å²) in [7, 11) is 0. The van der Waals surface area contributed by atoms with Crippen LogP contribution >= 0.6 is 0 Å². The topological polar surface area (TPSA) is 107 Å². The number of rotatable bonds is 2. The quantitative estimate of drug-likeness (QED) is 0.636. The number of carbonyl (C=O) groups is 2. The summed E-state index contributed by atoms with van der Waals surface area (Å²) >= 11 is 0. The maximum atomic E-state index is 9.86. The standard InChI is InChI=1S/2C5H4O3.Ca/c2*6-5(7)4-2-1-3-8-4;/h2*1-3H,(H,6,7);/q;;+2/p-2. The van der Waals surface area contributed by atoms with E-state index in [-0.39, 0.29) is 49.3 Å². The molecule has 0 unspecified atom stereocenters. The summed E-state index contributed by atoms with van der Waals surface area (Å²) < 4.78 is 8.87. The van der Waals surface area contributed by atoms with Crippen LogP contribution in [0.25, 0.3) is 0 Å². The van der Waals surface area contributed by atoms with E-state index in [0.29, 0.717) is 0 Å². The molecule has 17 heavy (non-hydrogen) atoms. The van der Waals surface area contributed by atoms with Gasteiger partial charge in [-0.2, -0.15) is 0 Å². The molecule has 0 aromatic carbocycles. The van der Waals surface area contributed by atoms with E-state index in [1.165, 1.54) is 36.8 Å². The number of hydrogen-bond donors (Lipinski definition) is 0. The average Bonchev–Trinajstić information content (AvgIpc) is 2.93. The molecule has 6 nitrogen and oxygen atoms in total. The molecule has 0 aliphatic heterocycles. The number of aromatic carboxylic acids is 2. The second-order valence-electron chi connectivity index (χ2n) is 2.53. The van der Waals surface area contributed by atoms with Crippen LogP contribution in [0, 0.1) is 0 Å². The zero-order chi connectivity index (χ0) is 12.0. The molecule has 0 fully saturated rings. The molecule has 0 N–H and O–H groups in total. The van der Waals surface area contributed by atoms with Crippen molar-refractivity contribution in [2.75, 3.05) is 0 Å². The molecule has 0 radical (unpaired) electrons. The zero-order valence-corrected chi connectivity index (χ0v) is 10.8. The third-order valence-electron chi connectivity index (χ3n) is 1.44. The summed E-state index contributed by atoms with van der Waals surface area (Å²) in [5.74, 6) is -2.83. The van der Waals surface area contributed by atoms with E-state index in [9.17, 15) is 19.8 Å². The number of hydrogen-bond acceptors (Lipinski definition) is 6. The third-order valence-corrected chi connectivity index (χ3v) is 1.44. The average molecular weight is 262 g/mol. The Morgan fingerprint density at radius 2 is 1.24 bits per heavy atom. The van der Waals surface area contributed by atoms with Crippen LogP contribution < -0.4 is 10.2 Å². The zero-order valence-electron chi connectivity index (χ0n) is 8.62. The molecule has 2 aromatic heterocycles. The molecule has 2 aromatic rings. The molecule has 7 heteroatoms. The van der Waals surface area contributed by atoms with Gasteiger partial charge in [-0.05, 0) is 24.3 Å². The summed E-state index contributed by atoms with van der Waals surface area (Å²) in [5.41, 5.74) is 0. The Labute approximate surface area is 126 Å². The van der Waals surface area contributed by atoms with Crippen molar-refractivity contribution in [3.05, 3.63) is 48.3 Å². The van der Waals surface area contributed by atoms with Crippen LogP contribution in [0.2, 0.25) is 0 Å². The SMILES string of the molecule is O=C([O-])c1ccco1.O=C([O-])c1ccco1.[Ca+2]. The van der Waals surface area contributed by atoms with Gasteiger partial charge < -0.3 is 28.6 Å². The molecule has 0 aliphatic rings. The fraction of sp³-hybridized carbons (Fsp3) is 0. The Balaban J connectivity index is 0.000000284. The molecule has 2 heterocycles. The fourth-order valence-corrected chi connectivity index (χ4v) is 0.789. The summed E-state index contributed by atoms with van der Waals surface area (Å²) in [6, 6.07) is 5.64. The second kappa shape index (κ2) is 7.94. The minimum atomic E-state index is -1.28. The van der Waals surface area contributed by atoms with Crippen molar-refractivity contribution >= 4 is 49.7 Å². The van der Waals surface area contributed by atoms with Gasteiger partial charge in [0, 0.05) is 0 Å². The Morgan fingerprint density at radius 3 is 1.35 bits per heavy atom. The van der Waals surface area contributed by atoms with Crippen molar-refractivity contribution in [3.63, 3.8) is 0 Å². The van der Waals surface area contributed by atoms with Crippen molar-refractivity contribution in [1.82, 2.24) is 0 Å². The van der Waals surface area contributed by atoms with E-state index in [1.807, 2.05) is 0 Å². The van der Waals surface area contributed by atoms with Crippen LogP contribution in [0.3, 0.4) is 0 Å². The van der Waals surface area contributed by atoms with Crippen molar-refractivity contribution in [2.45, 2.75) is 0 Å². The molecule has 0 amide bonds. The maximum Gasteiger partial charge on any atom is 2.00 e. The Kier molecular flexibility index (Phi) is 7.36. The first kappa shape index (κ1) is 15.8. The summed E-state index contributed by atoms with van der Waals surface area (Å²) in [6.45, 7) is 0. The number of carboxylic acids is 2. The molecule has 84 valence electrons. The minimum absolute atomic E-state index is 0. The normalized spacial score (nSPS) is 8.47. The Bertz CT molecular complexity index is 401. The van der Waals surface area contributed by atoms with Crippen LogP contribution in [0.15, 0.2) is 45.6 Å². The van der Waals surface area contributed by atoms with Crippen molar-refractivity contribution < 1.29 is 28.6 Å². The van der Waals surface area contributed by atoms with Crippen molar-refractivity contribution in [3.8, 4) is 0 Å². The Hall–Kier alpha value is -1.24. The van der Waals surface area contributed by atoms with Gasteiger partial charge in [0.15, 0.2) is 0 Å². The number of furan rings is 2. The molecule has 2 rings (SSSR count). The molecule has 0 saturated carbocycles. The fourth-order valence-electron chi connectivity index (χ4n) is 0.789. The third kappa shape index (κ3) is 5.58. The van der Waals surface area contributed by atoms with Crippen molar-refractivity contribution in [2.24, 2.45) is 0 Å². The van der Waals surface area contributed by atoms with Crippen LogP contribution in [-0.2, 0) is 0 Å². The first-order valence-corrected chi connectivity index (χ1v) is 4.11. The van der Waals surface area contributed by atoms with Gasteiger partial charge in [0.25, 0.3) is 0 Å². The second-order valence-corrected chi connectivity index (χ2v) is 2.53. The molecular formula is C10H6CaO6. The molecule has 0 atom stereocenters. The molecular weight excluding hydrogens is 256 g/mol. The van der Waals surface area contributed by atoms with E-state index in [1.54, 1.807) is 0 Å². The number of carbonyl (C=O) groups excluding carboxylic acids is 2. The van der Waals surface area contributed by atoms with Gasteiger partial charge in [-0.15, -0.1) is 0 Å². The Morgan fingerprint density at radius 1 is 0.882 bits per heavy atom. The van der Waals surface area contributed by atoms with Crippen LogP contribution in [0.1, 0.15) is 21.1 Å². The molecule has 0 saturated heterocycles. The van der Waals surface area contributed by atoms with Gasteiger partial charge in [0.2, 0.25) is 0 Å². The first-order valence-electron chi connectivity index (χ1n) is 4.11. The first-order chi connectivity index (χ1) is 7.61. The van der Waals surface area contributed by atoms with E-state index >= 15 is 0 Å². The smallest absolute Gasteiger partial charge is 0.542 e. The molecule has 0 spiro atoms. The van der Waals surface area contributed by atoms with E-state index < -0.39 is 11.9 Å². The minimum Gasteiger partial charge on any atom is -0.542 e. The molecule has 0 bridgehead atoms. The van der Waals surface area contributed by atoms with Gasteiger partial charge in [-0.3, -0.25) is 0 Å². The molecule has 0 aliphatic carbocycles. The van der Waals surface area contributed by atoms with E-state index in [0.717, 1.165) is 0 Å². The maximum absolute atomic E-state index is 9.86. The predicted molar refractivity (Wildman–Crippen MR) is 51.8 cm³/mol. The van der Waals surface area contributed by atoms with Gasteiger partial charge in [-0.1, -0.05) is 0 Å². The largest absolute Gasteiger partial charge is 2.00 e. The van der Waals surface area contributed by atoms with Crippen LogP contribution in [-0.4, -0.2) is 49.7 Å². The van der Waals surface area contributed by atoms with E-state index in [4.69, 9.17) is 0 Å². The summed E-state index contributed by atoms with van der Waals surface area (Å²) in [4.78, 5) is 19.7. The van der Waals surface area contributed by atoms with Gasteiger partial charge >= 0.3 is 37.7 Å². The summed E-state index contributed by atoms with van der Waals surface area (Å²) in [5, 5.41) is 19.7. The van der Waals surface area contributed by atoms with Crippen LogP contribution in [0.4, 0.5) is 0 Å². The van der Waals surface area contributed by atoms with Crippen LogP contribution in [0.5, 0.6) is 0 Å². The predicted octanol–water partition coefficient (Wildman–Crippen LogP) is -1.09. The number of carboxylic acid groups (broad SMARTS) is 2.